The minimum Gasteiger partial charge on any atom is -0.480 e. The van der Waals surface area contributed by atoms with Crippen molar-refractivity contribution < 1.29 is 33.8 Å². The SMILES string of the molecule is C.N#CCC(=O)NC(C(=O)OC1CCCCC1)c1ccccc1.N#CCC(=O)O.NC(C(=O)OC1CCCCC1)c1ccccc1. The lowest BCUT2D eigenvalue weighted by atomic mass is 9.97. The number of rotatable bonds is 9. The molecular formula is C35H46N4O7. The Morgan fingerprint density at radius 3 is 1.59 bits per heavy atom. The van der Waals surface area contributed by atoms with Gasteiger partial charge in [-0.05, 0) is 62.5 Å². The molecule has 11 nitrogen and oxygen atoms in total. The number of nitrogens with one attached hydrogen (secondary N) is 1. The normalized spacial score (nSPS) is 15.5. The molecular weight excluding hydrogens is 588 g/mol. The number of hydrogen-bond acceptors (Lipinski definition) is 9. The summed E-state index contributed by atoms with van der Waals surface area (Å²) in [4.78, 5) is 45.4. The topological polar surface area (TPSA) is 193 Å². The maximum Gasteiger partial charge on any atom is 0.333 e. The number of benzene rings is 2. The molecule has 2 aliphatic carbocycles. The minimum atomic E-state index is -1.07. The Bertz CT molecular complexity index is 1280. The smallest absolute Gasteiger partial charge is 0.333 e. The first-order chi connectivity index (χ1) is 21.7. The molecule has 2 saturated carbocycles. The van der Waals surface area contributed by atoms with Crippen LogP contribution in [0.3, 0.4) is 0 Å². The Balaban J connectivity index is 0.000000392. The molecule has 4 rings (SSSR count). The average Bonchev–Trinajstić information content (AvgIpc) is 3.05. The fourth-order valence-electron chi connectivity index (χ4n) is 4.91. The molecule has 2 aromatic carbocycles. The number of hydrogen-bond donors (Lipinski definition) is 3. The molecule has 248 valence electrons. The molecule has 4 N–H and O–H groups in total. The monoisotopic (exact) mass is 634 g/mol. The van der Waals surface area contributed by atoms with E-state index in [0.29, 0.717) is 5.56 Å². The lowest BCUT2D eigenvalue weighted by Gasteiger charge is -2.25. The molecule has 2 fully saturated rings. The molecule has 11 heteroatoms. The Morgan fingerprint density at radius 1 is 0.739 bits per heavy atom. The van der Waals surface area contributed by atoms with Crippen molar-refractivity contribution in [1.82, 2.24) is 5.32 Å². The number of ether oxygens (including phenoxy) is 2. The molecule has 0 spiro atoms. The van der Waals surface area contributed by atoms with Crippen LogP contribution in [-0.4, -0.2) is 41.1 Å². The van der Waals surface area contributed by atoms with Gasteiger partial charge in [0.2, 0.25) is 5.91 Å². The van der Waals surface area contributed by atoms with Crippen LogP contribution in [0.25, 0.3) is 0 Å². The largest absolute Gasteiger partial charge is 0.480 e. The third-order valence-corrected chi connectivity index (χ3v) is 7.23. The number of nitrogens with zero attached hydrogens (tertiary/aromatic N) is 2. The number of carbonyl (C=O) groups excluding carboxylic acids is 3. The van der Waals surface area contributed by atoms with Gasteiger partial charge in [-0.25, -0.2) is 9.59 Å². The van der Waals surface area contributed by atoms with Crippen LogP contribution in [0.15, 0.2) is 60.7 Å². The molecule has 0 aliphatic heterocycles. The van der Waals surface area contributed by atoms with E-state index in [4.69, 9.17) is 30.8 Å². The van der Waals surface area contributed by atoms with E-state index in [0.717, 1.165) is 56.9 Å². The molecule has 2 unspecified atom stereocenters. The van der Waals surface area contributed by atoms with Crippen molar-refractivity contribution in [2.45, 2.75) is 109 Å². The third kappa shape index (κ3) is 15.3. The Morgan fingerprint density at radius 2 is 1.17 bits per heavy atom. The van der Waals surface area contributed by atoms with Crippen LogP contribution in [0.1, 0.15) is 108 Å². The van der Waals surface area contributed by atoms with Crippen molar-refractivity contribution in [3.63, 3.8) is 0 Å². The van der Waals surface area contributed by atoms with Crippen LogP contribution >= 0.6 is 0 Å². The summed E-state index contributed by atoms with van der Waals surface area (Å²) < 4.78 is 11.0. The fourth-order valence-corrected chi connectivity index (χ4v) is 4.91. The van der Waals surface area contributed by atoms with E-state index in [-0.39, 0.29) is 32.0 Å². The third-order valence-electron chi connectivity index (χ3n) is 7.23. The van der Waals surface area contributed by atoms with Gasteiger partial charge < -0.3 is 25.6 Å². The number of aliphatic carboxylic acids is 1. The minimum absolute atomic E-state index is 0. The molecule has 0 bridgehead atoms. The van der Waals surface area contributed by atoms with Crippen LogP contribution in [0.4, 0.5) is 0 Å². The van der Waals surface area contributed by atoms with E-state index in [2.05, 4.69) is 5.32 Å². The maximum absolute atomic E-state index is 12.4. The molecule has 46 heavy (non-hydrogen) atoms. The Kier molecular flexibility index (Phi) is 19.4. The second-order valence-corrected chi connectivity index (χ2v) is 10.8. The summed E-state index contributed by atoms with van der Waals surface area (Å²) in [6.07, 6.45) is 9.89. The summed E-state index contributed by atoms with van der Waals surface area (Å²) in [5, 5.41) is 26.5. The van der Waals surface area contributed by atoms with E-state index in [1.165, 1.54) is 18.9 Å². The summed E-state index contributed by atoms with van der Waals surface area (Å²) >= 11 is 0. The highest BCUT2D eigenvalue weighted by Crippen LogP contribution is 2.24. The van der Waals surface area contributed by atoms with Gasteiger partial charge in [-0.15, -0.1) is 0 Å². The molecule has 1 amide bonds. The zero-order valence-corrected chi connectivity index (χ0v) is 25.4. The van der Waals surface area contributed by atoms with Gasteiger partial charge in [0.1, 0.15) is 31.1 Å². The number of carbonyl (C=O) groups is 4. The van der Waals surface area contributed by atoms with Crippen molar-refractivity contribution in [2.75, 3.05) is 0 Å². The first-order valence-corrected chi connectivity index (χ1v) is 15.3. The van der Waals surface area contributed by atoms with Gasteiger partial charge in [-0.1, -0.05) is 80.9 Å². The first-order valence-electron chi connectivity index (χ1n) is 15.3. The Hall–Kier alpha value is -4.74. The zero-order chi connectivity index (χ0) is 32.9. The van der Waals surface area contributed by atoms with Gasteiger partial charge >= 0.3 is 17.9 Å². The van der Waals surface area contributed by atoms with E-state index in [9.17, 15) is 19.2 Å². The van der Waals surface area contributed by atoms with E-state index < -0.39 is 36.4 Å². The lowest BCUT2D eigenvalue weighted by Crippen LogP contribution is -2.36. The van der Waals surface area contributed by atoms with Gasteiger partial charge in [-0.3, -0.25) is 9.59 Å². The van der Waals surface area contributed by atoms with Crippen LogP contribution in [-0.2, 0) is 28.7 Å². The van der Waals surface area contributed by atoms with Crippen LogP contribution < -0.4 is 11.1 Å². The second kappa shape index (κ2) is 22.7. The molecule has 2 aromatic rings. The fraction of sp³-hybridized carbons (Fsp3) is 0.486. The van der Waals surface area contributed by atoms with Gasteiger partial charge in [-0.2, -0.15) is 10.5 Å². The van der Waals surface area contributed by atoms with Crippen molar-refractivity contribution >= 4 is 23.8 Å². The molecule has 0 radical (unpaired) electrons. The van der Waals surface area contributed by atoms with Crippen molar-refractivity contribution in [1.29, 1.82) is 10.5 Å². The number of carboxylic acids is 1. The van der Waals surface area contributed by atoms with Crippen LogP contribution in [0.5, 0.6) is 0 Å². The van der Waals surface area contributed by atoms with E-state index >= 15 is 0 Å². The zero-order valence-electron chi connectivity index (χ0n) is 25.4. The van der Waals surface area contributed by atoms with Gasteiger partial charge in [0, 0.05) is 0 Å². The molecule has 0 heterocycles. The van der Waals surface area contributed by atoms with Crippen molar-refractivity contribution in [3.8, 4) is 12.1 Å². The molecule has 0 saturated heterocycles. The van der Waals surface area contributed by atoms with E-state index in [1.807, 2.05) is 36.4 Å². The van der Waals surface area contributed by atoms with Crippen molar-refractivity contribution in [3.05, 3.63) is 71.8 Å². The number of nitriles is 2. The van der Waals surface area contributed by atoms with E-state index in [1.54, 1.807) is 30.3 Å². The quantitative estimate of drug-likeness (QED) is 0.283. The average molecular weight is 635 g/mol. The first kappa shape index (κ1) is 39.3. The van der Waals surface area contributed by atoms with Crippen LogP contribution in [0.2, 0.25) is 0 Å². The number of esters is 2. The molecule has 2 atom stereocenters. The summed E-state index contributed by atoms with van der Waals surface area (Å²) in [5.74, 6) is -2.30. The number of carboxylic acid groups (broad SMARTS) is 1. The molecule has 2 aliphatic rings. The summed E-state index contributed by atoms with van der Waals surface area (Å²) in [6.45, 7) is 0. The summed E-state index contributed by atoms with van der Waals surface area (Å²) in [7, 11) is 0. The predicted octanol–water partition coefficient (Wildman–Crippen LogP) is 5.82. The maximum atomic E-state index is 12.4. The van der Waals surface area contributed by atoms with Gasteiger partial charge in [0.25, 0.3) is 0 Å². The Labute approximate surface area is 271 Å². The predicted molar refractivity (Wildman–Crippen MR) is 171 cm³/mol. The second-order valence-electron chi connectivity index (χ2n) is 10.8. The molecule has 0 aromatic heterocycles. The number of nitrogens with two attached hydrogens (primary N) is 1. The van der Waals surface area contributed by atoms with Gasteiger partial charge in [0.15, 0.2) is 6.04 Å². The summed E-state index contributed by atoms with van der Waals surface area (Å²) in [5.41, 5.74) is 7.36. The number of amides is 1. The van der Waals surface area contributed by atoms with Crippen LogP contribution in [0, 0.1) is 22.7 Å². The van der Waals surface area contributed by atoms with Gasteiger partial charge in [0.05, 0.1) is 12.1 Å². The standard InChI is InChI=1S/C17H20N2O3.C14H19NO2.C3H3NO2.CH4/c18-12-11-15(20)19-16(13-7-3-1-4-8-13)17(21)22-14-9-5-2-6-10-14;15-13(11-7-3-1-4-8-11)14(16)17-12-9-5-2-6-10-12;4-2-1-3(5)6;/h1,3-4,7-8,14,16H,2,5-6,9-11H2,(H,19,20);1,3-4,7-8,12-13H,2,5-6,9-10,15H2;1H2,(H,5,6);1H4. The van der Waals surface area contributed by atoms with Crippen molar-refractivity contribution in [2.24, 2.45) is 5.73 Å². The highest BCUT2D eigenvalue weighted by atomic mass is 16.5. The summed E-state index contributed by atoms with van der Waals surface area (Å²) in [6, 6.07) is 20.1. The highest BCUT2D eigenvalue weighted by molar-refractivity contribution is 5.86. The lowest BCUT2D eigenvalue weighted by molar-refractivity contribution is -0.154. The highest BCUT2D eigenvalue weighted by Gasteiger charge is 2.27.